The van der Waals surface area contributed by atoms with E-state index in [0.29, 0.717) is 6.10 Å². The summed E-state index contributed by atoms with van der Waals surface area (Å²) in [6.07, 6.45) is 3.85. The zero-order valence-corrected chi connectivity index (χ0v) is 16.1. The lowest BCUT2D eigenvalue weighted by Crippen LogP contribution is -2.38. The fourth-order valence-corrected chi connectivity index (χ4v) is 3.22. The van der Waals surface area contributed by atoms with Gasteiger partial charge in [0.1, 0.15) is 0 Å². The fourth-order valence-electron chi connectivity index (χ4n) is 2.35. The second-order valence-electron chi connectivity index (χ2n) is 5.02. The van der Waals surface area contributed by atoms with E-state index in [4.69, 9.17) is 4.74 Å². The van der Waals surface area contributed by atoms with Crippen molar-refractivity contribution in [3.05, 3.63) is 15.6 Å². The highest BCUT2D eigenvalue weighted by molar-refractivity contribution is 14.0. The molecular weight excluding hydrogens is 399 g/mol. The van der Waals surface area contributed by atoms with Gasteiger partial charge in [-0.25, -0.2) is 4.98 Å². The predicted octanol–water partition coefficient (Wildman–Crippen LogP) is 2.61. The summed E-state index contributed by atoms with van der Waals surface area (Å²) in [7, 11) is 1.80. The molecule has 0 amide bonds. The van der Waals surface area contributed by atoms with Crippen LogP contribution in [0.5, 0.6) is 0 Å². The van der Waals surface area contributed by atoms with Crippen molar-refractivity contribution in [3.63, 3.8) is 0 Å². The van der Waals surface area contributed by atoms with Crippen molar-refractivity contribution in [2.45, 2.75) is 45.8 Å². The van der Waals surface area contributed by atoms with Gasteiger partial charge in [0.25, 0.3) is 0 Å². The Morgan fingerprint density at radius 2 is 2.24 bits per heavy atom. The third-order valence-corrected chi connectivity index (χ3v) is 4.50. The molecule has 1 fully saturated rings. The summed E-state index contributed by atoms with van der Waals surface area (Å²) < 4.78 is 5.61. The maximum atomic E-state index is 5.61. The van der Waals surface area contributed by atoms with E-state index in [9.17, 15) is 0 Å². The van der Waals surface area contributed by atoms with Crippen molar-refractivity contribution in [1.82, 2.24) is 15.6 Å². The minimum atomic E-state index is 0. The molecule has 0 bridgehead atoms. The second-order valence-corrected chi connectivity index (χ2v) is 6.31. The molecule has 1 atom stereocenters. The predicted molar refractivity (Wildman–Crippen MR) is 98.8 cm³/mol. The number of halogens is 1. The number of aryl methyl sites for hydroxylation is 2. The summed E-state index contributed by atoms with van der Waals surface area (Å²) in [6.45, 7) is 6.67. The third-order valence-electron chi connectivity index (χ3n) is 3.42. The number of nitrogens with one attached hydrogen (secondary N) is 2. The zero-order valence-electron chi connectivity index (χ0n) is 12.9. The molecule has 5 nitrogen and oxygen atoms in total. The van der Waals surface area contributed by atoms with Crippen LogP contribution in [0.1, 0.15) is 34.8 Å². The summed E-state index contributed by atoms with van der Waals surface area (Å²) in [5.41, 5.74) is 1.11. The smallest absolute Gasteiger partial charge is 0.191 e. The van der Waals surface area contributed by atoms with Crippen LogP contribution in [-0.4, -0.2) is 37.2 Å². The molecule has 2 rings (SSSR count). The highest BCUT2D eigenvalue weighted by atomic mass is 127. The molecule has 1 saturated heterocycles. The first-order chi connectivity index (χ1) is 9.69. The SMILES string of the molecule is CN=C(NCCC1CCCO1)NCc1sc(C)nc1C.I. The first-order valence-corrected chi connectivity index (χ1v) is 7.99. The van der Waals surface area contributed by atoms with E-state index < -0.39 is 0 Å². The number of rotatable bonds is 5. The quantitative estimate of drug-likeness (QED) is 0.434. The average molecular weight is 424 g/mol. The van der Waals surface area contributed by atoms with Gasteiger partial charge < -0.3 is 15.4 Å². The number of hydrogen-bond acceptors (Lipinski definition) is 4. The van der Waals surface area contributed by atoms with Gasteiger partial charge in [-0.1, -0.05) is 0 Å². The molecule has 2 heterocycles. The molecule has 0 aromatic carbocycles. The van der Waals surface area contributed by atoms with Gasteiger partial charge in [-0.3, -0.25) is 4.99 Å². The van der Waals surface area contributed by atoms with Gasteiger partial charge in [-0.15, -0.1) is 35.3 Å². The Hall–Kier alpha value is -0.410. The minimum Gasteiger partial charge on any atom is -0.378 e. The molecule has 120 valence electrons. The van der Waals surface area contributed by atoms with E-state index in [-0.39, 0.29) is 24.0 Å². The van der Waals surface area contributed by atoms with E-state index in [1.54, 1.807) is 18.4 Å². The van der Waals surface area contributed by atoms with Crippen LogP contribution in [0.15, 0.2) is 4.99 Å². The highest BCUT2D eigenvalue weighted by Gasteiger charge is 2.14. The van der Waals surface area contributed by atoms with Gasteiger partial charge in [-0.2, -0.15) is 0 Å². The van der Waals surface area contributed by atoms with Crippen LogP contribution in [0.2, 0.25) is 0 Å². The number of aliphatic imine (C=N–C) groups is 1. The number of aromatic nitrogens is 1. The van der Waals surface area contributed by atoms with E-state index in [1.165, 1.54) is 17.7 Å². The molecule has 1 unspecified atom stereocenters. The number of hydrogen-bond donors (Lipinski definition) is 2. The van der Waals surface area contributed by atoms with Crippen molar-refractivity contribution in [3.8, 4) is 0 Å². The number of thiazole rings is 1. The molecule has 2 N–H and O–H groups in total. The molecular formula is C14H25IN4OS. The molecule has 1 aromatic rings. The van der Waals surface area contributed by atoms with Crippen LogP contribution >= 0.6 is 35.3 Å². The Morgan fingerprint density at radius 1 is 1.43 bits per heavy atom. The van der Waals surface area contributed by atoms with E-state index in [0.717, 1.165) is 42.8 Å². The molecule has 1 aliphatic rings. The zero-order chi connectivity index (χ0) is 14.4. The molecule has 1 aliphatic heterocycles. The Balaban J connectivity index is 0.00000220. The number of nitrogens with zero attached hydrogens (tertiary/aromatic N) is 2. The van der Waals surface area contributed by atoms with Crippen LogP contribution in [0.25, 0.3) is 0 Å². The Labute approximate surface area is 148 Å². The third kappa shape index (κ3) is 6.07. The summed E-state index contributed by atoms with van der Waals surface area (Å²) in [5.74, 6) is 0.841. The molecule has 1 aromatic heterocycles. The second kappa shape index (κ2) is 9.58. The van der Waals surface area contributed by atoms with Crippen LogP contribution in [-0.2, 0) is 11.3 Å². The normalized spacial score (nSPS) is 18.4. The van der Waals surface area contributed by atoms with Crippen LogP contribution < -0.4 is 10.6 Å². The topological polar surface area (TPSA) is 58.5 Å². The van der Waals surface area contributed by atoms with Crippen molar-refractivity contribution in [2.24, 2.45) is 4.99 Å². The lowest BCUT2D eigenvalue weighted by atomic mass is 10.2. The van der Waals surface area contributed by atoms with Crippen LogP contribution in [0, 0.1) is 13.8 Å². The van der Waals surface area contributed by atoms with Crippen molar-refractivity contribution >= 4 is 41.3 Å². The molecule has 21 heavy (non-hydrogen) atoms. The van der Waals surface area contributed by atoms with Crippen LogP contribution in [0.3, 0.4) is 0 Å². The van der Waals surface area contributed by atoms with Gasteiger partial charge in [-0.05, 0) is 33.1 Å². The summed E-state index contributed by atoms with van der Waals surface area (Å²) in [6, 6.07) is 0. The minimum absolute atomic E-state index is 0. The molecule has 7 heteroatoms. The van der Waals surface area contributed by atoms with Crippen LogP contribution in [0.4, 0.5) is 0 Å². The molecule has 0 spiro atoms. The van der Waals surface area contributed by atoms with E-state index in [1.807, 2.05) is 13.8 Å². The summed E-state index contributed by atoms with van der Waals surface area (Å²) >= 11 is 1.73. The largest absolute Gasteiger partial charge is 0.378 e. The Bertz CT molecular complexity index is 458. The Morgan fingerprint density at radius 3 is 2.81 bits per heavy atom. The monoisotopic (exact) mass is 424 g/mol. The fraction of sp³-hybridized carbons (Fsp3) is 0.714. The number of guanidine groups is 1. The lowest BCUT2D eigenvalue weighted by Gasteiger charge is -2.13. The van der Waals surface area contributed by atoms with E-state index in [2.05, 4.69) is 20.6 Å². The van der Waals surface area contributed by atoms with Gasteiger partial charge in [0.2, 0.25) is 0 Å². The first kappa shape index (κ1) is 18.6. The number of ether oxygens (including phenoxy) is 1. The van der Waals surface area contributed by atoms with Crippen molar-refractivity contribution in [1.29, 1.82) is 0 Å². The van der Waals surface area contributed by atoms with E-state index >= 15 is 0 Å². The van der Waals surface area contributed by atoms with Gasteiger partial charge in [0.15, 0.2) is 5.96 Å². The highest BCUT2D eigenvalue weighted by Crippen LogP contribution is 2.16. The molecule has 0 radical (unpaired) electrons. The summed E-state index contributed by atoms with van der Waals surface area (Å²) in [4.78, 5) is 9.94. The van der Waals surface area contributed by atoms with Gasteiger partial charge >= 0.3 is 0 Å². The molecule has 0 aliphatic carbocycles. The van der Waals surface area contributed by atoms with Crippen molar-refractivity contribution < 1.29 is 4.74 Å². The lowest BCUT2D eigenvalue weighted by molar-refractivity contribution is 0.105. The maximum absolute atomic E-state index is 5.61. The Kier molecular flexibility index (Phi) is 8.50. The standard InChI is InChI=1S/C14H24N4OS.HI/c1-10-13(20-11(2)18-10)9-17-14(15-3)16-7-6-12-5-4-8-19-12;/h12H,4-9H2,1-3H3,(H2,15,16,17);1H. The van der Waals surface area contributed by atoms with Gasteiger partial charge in [0.05, 0.1) is 23.4 Å². The van der Waals surface area contributed by atoms with Crippen molar-refractivity contribution in [2.75, 3.05) is 20.2 Å². The molecule has 0 saturated carbocycles. The average Bonchev–Trinajstić information content (AvgIpc) is 3.03. The maximum Gasteiger partial charge on any atom is 0.191 e. The summed E-state index contributed by atoms with van der Waals surface area (Å²) in [5, 5.41) is 7.78. The van der Waals surface area contributed by atoms with Gasteiger partial charge in [0, 0.05) is 25.1 Å². The first-order valence-electron chi connectivity index (χ1n) is 7.18.